The van der Waals surface area contributed by atoms with Gasteiger partial charge >= 0.3 is 5.97 Å². The molecule has 1 aromatic carbocycles. The van der Waals surface area contributed by atoms with Crippen molar-refractivity contribution in [3.63, 3.8) is 0 Å². The van der Waals surface area contributed by atoms with Crippen LogP contribution in [-0.4, -0.2) is 28.1 Å². The molecule has 0 radical (unpaired) electrons. The highest BCUT2D eigenvalue weighted by atomic mass is 19.1. The predicted molar refractivity (Wildman–Crippen MR) is 56.6 cm³/mol. The molecular weight excluding hydrogens is 248 g/mol. The number of carboxylic acids is 1. The average molecular weight is 259 g/mol. The maximum atomic E-state index is 12.9. The Labute approximate surface area is 101 Å². The highest BCUT2D eigenvalue weighted by molar-refractivity contribution is 5.86. The minimum absolute atomic E-state index is 0.289. The summed E-state index contributed by atoms with van der Waals surface area (Å²) in [6, 6.07) is 0.955. The number of rotatable bonds is 4. The van der Waals surface area contributed by atoms with Crippen molar-refractivity contribution in [3.8, 4) is 0 Å². The van der Waals surface area contributed by atoms with Gasteiger partial charge in [0.15, 0.2) is 6.10 Å². The standard InChI is InChI=1S/C11H11F2NO4/c1-5(11(17)18)14-10(16)9(15)6-2-7(12)4-8(13)3-6/h2-5,9,15H,1H3,(H,14,16)(H,17,18). The van der Waals surface area contributed by atoms with Gasteiger partial charge in [0.1, 0.15) is 17.7 Å². The number of nitrogens with one attached hydrogen (secondary N) is 1. The summed E-state index contributed by atoms with van der Waals surface area (Å²) >= 11 is 0. The summed E-state index contributed by atoms with van der Waals surface area (Å²) in [6.07, 6.45) is -1.84. The second kappa shape index (κ2) is 5.54. The molecule has 0 aliphatic rings. The third kappa shape index (κ3) is 3.49. The van der Waals surface area contributed by atoms with Gasteiger partial charge in [-0.2, -0.15) is 0 Å². The summed E-state index contributed by atoms with van der Waals surface area (Å²) in [6.45, 7) is 1.19. The van der Waals surface area contributed by atoms with Gasteiger partial charge in [-0.05, 0) is 24.6 Å². The lowest BCUT2D eigenvalue weighted by Gasteiger charge is -2.14. The highest BCUT2D eigenvalue weighted by Crippen LogP contribution is 2.16. The molecule has 2 atom stereocenters. The zero-order valence-corrected chi connectivity index (χ0v) is 9.35. The summed E-state index contributed by atoms with van der Waals surface area (Å²) in [5.41, 5.74) is -0.289. The van der Waals surface area contributed by atoms with Gasteiger partial charge in [0.2, 0.25) is 0 Å². The lowest BCUT2D eigenvalue weighted by atomic mass is 10.1. The Kier molecular flexibility index (Phi) is 4.33. The average Bonchev–Trinajstić information content (AvgIpc) is 2.26. The number of aliphatic hydroxyl groups is 1. The Morgan fingerprint density at radius 3 is 2.17 bits per heavy atom. The summed E-state index contributed by atoms with van der Waals surface area (Å²) < 4.78 is 25.7. The van der Waals surface area contributed by atoms with Crippen LogP contribution in [0.3, 0.4) is 0 Å². The molecule has 1 rings (SSSR count). The van der Waals surface area contributed by atoms with Crippen LogP contribution in [0.4, 0.5) is 8.78 Å². The van der Waals surface area contributed by atoms with E-state index in [1.807, 2.05) is 5.32 Å². The number of hydrogen-bond acceptors (Lipinski definition) is 3. The first-order valence-corrected chi connectivity index (χ1v) is 4.98. The number of aliphatic carboxylic acids is 1. The highest BCUT2D eigenvalue weighted by Gasteiger charge is 2.22. The fraction of sp³-hybridized carbons (Fsp3) is 0.273. The first-order valence-electron chi connectivity index (χ1n) is 4.98. The molecule has 0 saturated heterocycles. The molecule has 2 unspecified atom stereocenters. The second-order valence-corrected chi connectivity index (χ2v) is 3.67. The quantitative estimate of drug-likeness (QED) is 0.738. The Hall–Kier alpha value is -2.02. The van der Waals surface area contributed by atoms with Crippen LogP contribution >= 0.6 is 0 Å². The van der Waals surface area contributed by atoms with E-state index >= 15 is 0 Å². The molecule has 0 heterocycles. The first-order chi connectivity index (χ1) is 8.31. The van der Waals surface area contributed by atoms with Crippen LogP contribution < -0.4 is 5.32 Å². The molecule has 3 N–H and O–H groups in total. The Morgan fingerprint density at radius 2 is 1.72 bits per heavy atom. The van der Waals surface area contributed by atoms with Crippen LogP contribution in [0.5, 0.6) is 0 Å². The second-order valence-electron chi connectivity index (χ2n) is 3.67. The van der Waals surface area contributed by atoms with Gasteiger partial charge in [-0.15, -0.1) is 0 Å². The van der Waals surface area contributed by atoms with E-state index < -0.39 is 35.7 Å². The van der Waals surface area contributed by atoms with E-state index in [-0.39, 0.29) is 5.56 Å². The van der Waals surface area contributed by atoms with Crippen molar-refractivity contribution >= 4 is 11.9 Å². The molecule has 18 heavy (non-hydrogen) atoms. The van der Waals surface area contributed by atoms with Crippen molar-refractivity contribution in [2.45, 2.75) is 19.1 Å². The molecule has 98 valence electrons. The fourth-order valence-electron chi connectivity index (χ4n) is 1.24. The van der Waals surface area contributed by atoms with Crippen molar-refractivity contribution in [2.24, 2.45) is 0 Å². The maximum Gasteiger partial charge on any atom is 0.325 e. The number of amides is 1. The molecule has 0 aliphatic heterocycles. The van der Waals surface area contributed by atoms with Crippen LogP contribution in [0, 0.1) is 11.6 Å². The normalized spacial score (nSPS) is 13.8. The molecule has 7 heteroatoms. The van der Waals surface area contributed by atoms with E-state index in [0.29, 0.717) is 6.07 Å². The Morgan fingerprint density at radius 1 is 1.22 bits per heavy atom. The number of hydrogen-bond donors (Lipinski definition) is 3. The van der Waals surface area contributed by atoms with E-state index in [1.165, 1.54) is 6.92 Å². The number of benzene rings is 1. The van der Waals surface area contributed by atoms with E-state index in [4.69, 9.17) is 5.11 Å². The number of carbonyl (C=O) groups is 2. The van der Waals surface area contributed by atoms with Crippen LogP contribution in [0.15, 0.2) is 18.2 Å². The molecule has 5 nitrogen and oxygen atoms in total. The molecule has 0 bridgehead atoms. The topological polar surface area (TPSA) is 86.6 Å². The molecular formula is C11H11F2NO4. The predicted octanol–water partition coefficient (Wildman–Crippen LogP) is 0.587. The van der Waals surface area contributed by atoms with Crippen molar-refractivity contribution in [3.05, 3.63) is 35.4 Å². The lowest BCUT2D eigenvalue weighted by Crippen LogP contribution is -2.41. The SMILES string of the molecule is CC(NC(=O)C(O)c1cc(F)cc(F)c1)C(=O)O. The fourth-order valence-corrected chi connectivity index (χ4v) is 1.24. The molecule has 0 aromatic heterocycles. The van der Waals surface area contributed by atoms with Gasteiger partial charge in [0.25, 0.3) is 5.91 Å². The van der Waals surface area contributed by atoms with Gasteiger partial charge in [-0.25, -0.2) is 8.78 Å². The van der Waals surface area contributed by atoms with Crippen LogP contribution in [0.25, 0.3) is 0 Å². The van der Waals surface area contributed by atoms with Crippen LogP contribution in [0.1, 0.15) is 18.6 Å². The molecule has 1 aromatic rings. The van der Waals surface area contributed by atoms with Crippen molar-refractivity contribution in [2.75, 3.05) is 0 Å². The lowest BCUT2D eigenvalue weighted by molar-refractivity contribution is -0.142. The summed E-state index contributed by atoms with van der Waals surface area (Å²) in [4.78, 5) is 21.9. The number of carboxylic acid groups (broad SMARTS) is 1. The Balaban J connectivity index is 2.83. The van der Waals surface area contributed by atoms with E-state index in [2.05, 4.69) is 0 Å². The van der Waals surface area contributed by atoms with Gasteiger partial charge in [0, 0.05) is 6.07 Å². The third-order valence-corrected chi connectivity index (χ3v) is 2.18. The molecule has 0 fully saturated rings. The summed E-state index contributed by atoms with van der Waals surface area (Å²) in [5, 5.41) is 20.1. The minimum Gasteiger partial charge on any atom is -0.480 e. The smallest absolute Gasteiger partial charge is 0.325 e. The first kappa shape index (κ1) is 14.0. The zero-order valence-electron chi connectivity index (χ0n) is 9.35. The maximum absolute atomic E-state index is 12.9. The number of halogens is 2. The van der Waals surface area contributed by atoms with Crippen molar-refractivity contribution < 1.29 is 28.6 Å². The van der Waals surface area contributed by atoms with Crippen molar-refractivity contribution in [1.29, 1.82) is 0 Å². The number of carbonyl (C=O) groups excluding carboxylic acids is 1. The summed E-state index contributed by atoms with van der Waals surface area (Å²) in [5.74, 6) is -4.22. The van der Waals surface area contributed by atoms with Gasteiger partial charge < -0.3 is 15.5 Å². The molecule has 0 aliphatic carbocycles. The monoisotopic (exact) mass is 259 g/mol. The summed E-state index contributed by atoms with van der Waals surface area (Å²) in [7, 11) is 0. The molecule has 1 amide bonds. The van der Waals surface area contributed by atoms with E-state index in [0.717, 1.165) is 12.1 Å². The number of aliphatic hydroxyl groups excluding tert-OH is 1. The van der Waals surface area contributed by atoms with Crippen molar-refractivity contribution in [1.82, 2.24) is 5.32 Å². The third-order valence-electron chi connectivity index (χ3n) is 2.18. The van der Waals surface area contributed by atoms with E-state index in [1.54, 1.807) is 0 Å². The largest absolute Gasteiger partial charge is 0.480 e. The Bertz CT molecular complexity index is 458. The zero-order chi connectivity index (χ0) is 13.9. The van der Waals surface area contributed by atoms with Crippen LogP contribution in [0.2, 0.25) is 0 Å². The van der Waals surface area contributed by atoms with Gasteiger partial charge in [-0.1, -0.05) is 0 Å². The molecule has 0 saturated carbocycles. The van der Waals surface area contributed by atoms with E-state index in [9.17, 15) is 23.5 Å². The minimum atomic E-state index is -1.84. The van der Waals surface area contributed by atoms with Gasteiger partial charge in [0.05, 0.1) is 0 Å². The molecule has 0 spiro atoms. The van der Waals surface area contributed by atoms with Crippen LogP contribution in [-0.2, 0) is 9.59 Å². The van der Waals surface area contributed by atoms with Gasteiger partial charge in [-0.3, -0.25) is 9.59 Å².